The highest BCUT2D eigenvalue weighted by molar-refractivity contribution is 6.30. The van der Waals surface area contributed by atoms with E-state index in [2.05, 4.69) is 4.98 Å². The molecule has 0 saturated carbocycles. The van der Waals surface area contributed by atoms with Crippen LogP contribution < -0.4 is 4.90 Å². The van der Waals surface area contributed by atoms with Crippen LogP contribution in [0.3, 0.4) is 0 Å². The van der Waals surface area contributed by atoms with Crippen molar-refractivity contribution in [2.75, 3.05) is 11.9 Å². The summed E-state index contributed by atoms with van der Waals surface area (Å²) in [6.07, 6.45) is 1.27. The Labute approximate surface area is 120 Å². The third kappa shape index (κ3) is 3.05. The number of halogens is 2. The smallest absolute Gasteiger partial charge is 0.338 e. The topological polar surface area (TPSA) is 53.4 Å². The molecule has 0 aliphatic carbocycles. The molecule has 1 aromatic carbocycles. The van der Waals surface area contributed by atoms with Gasteiger partial charge in [0.1, 0.15) is 5.56 Å². The van der Waals surface area contributed by atoms with Crippen LogP contribution in [-0.2, 0) is 6.54 Å². The highest BCUT2D eigenvalue weighted by atomic mass is 35.5. The highest BCUT2D eigenvalue weighted by Crippen LogP contribution is 2.21. The van der Waals surface area contributed by atoms with E-state index in [1.807, 2.05) is 6.07 Å². The molecule has 0 aliphatic heterocycles. The molecule has 0 unspecified atom stereocenters. The van der Waals surface area contributed by atoms with Crippen LogP contribution in [0, 0.1) is 5.82 Å². The van der Waals surface area contributed by atoms with Gasteiger partial charge in [-0.3, -0.25) is 0 Å². The van der Waals surface area contributed by atoms with Crippen LogP contribution in [0.5, 0.6) is 0 Å². The molecule has 104 valence electrons. The average Bonchev–Trinajstić information content (AvgIpc) is 2.38. The van der Waals surface area contributed by atoms with Crippen LogP contribution >= 0.6 is 11.6 Å². The Balaban J connectivity index is 2.28. The number of carboxylic acids is 1. The number of hydrogen-bond donors (Lipinski definition) is 1. The fourth-order valence-electron chi connectivity index (χ4n) is 1.85. The van der Waals surface area contributed by atoms with Crippen molar-refractivity contribution in [1.82, 2.24) is 4.98 Å². The van der Waals surface area contributed by atoms with E-state index < -0.39 is 17.3 Å². The molecule has 1 heterocycles. The lowest BCUT2D eigenvalue weighted by Gasteiger charge is -2.19. The van der Waals surface area contributed by atoms with E-state index in [1.54, 1.807) is 25.2 Å². The van der Waals surface area contributed by atoms with Gasteiger partial charge in [0.25, 0.3) is 0 Å². The zero-order valence-corrected chi connectivity index (χ0v) is 11.4. The number of aromatic carboxylic acids is 1. The van der Waals surface area contributed by atoms with Crippen LogP contribution in [0.4, 0.5) is 10.2 Å². The van der Waals surface area contributed by atoms with Gasteiger partial charge >= 0.3 is 5.97 Å². The first kappa shape index (κ1) is 14.3. The van der Waals surface area contributed by atoms with Crippen molar-refractivity contribution in [3.8, 4) is 0 Å². The van der Waals surface area contributed by atoms with E-state index in [9.17, 15) is 9.18 Å². The maximum Gasteiger partial charge on any atom is 0.338 e. The molecule has 0 saturated heterocycles. The summed E-state index contributed by atoms with van der Waals surface area (Å²) in [5.74, 6) is -2.17. The van der Waals surface area contributed by atoms with Crippen LogP contribution in [0.2, 0.25) is 5.02 Å². The second kappa shape index (κ2) is 5.88. The van der Waals surface area contributed by atoms with E-state index in [0.717, 1.165) is 11.6 Å². The van der Waals surface area contributed by atoms with Gasteiger partial charge in [-0.2, -0.15) is 0 Å². The van der Waals surface area contributed by atoms with Crippen molar-refractivity contribution in [3.63, 3.8) is 0 Å². The Morgan fingerprint density at radius 1 is 1.45 bits per heavy atom. The molecule has 0 aliphatic rings. The predicted molar refractivity (Wildman–Crippen MR) is 74.7 cm³/mol. The molecule has 0 fully saturated rings. The van der Waals surface area contributed by atoms with Crippen molar-refractivity contribution in [1.29, 1.82) is 0 Å². The lowest BCUT2D eigenvalue weighted by molar-refractivity contribution is 0.0692. The normalized spacial score (nSPS) is 10.3. The quantitative estimate of drug-likeness (QED) is 0.941. The Morgan fingerprint density at radius 2 is 2.20 bits per heavy atom. The van der Waals surface area contributed by atoms with Crippen molar-refractivity contribution < 1.29 is 14.3 Å². The molecule has 0 atom stereocenters. The molecule has 0 bridgehead atoms. The zero-order valence-electron chi connectivity index (χ0n) is 10.7. The van der Waals surface area contributed by atoms with Gasteiger partial charge in [-0.25, -0.2) is 14.2 Å². The number of benzene rings is 1. The minimum absolute atomic E-state index is 0.00937. The third-order valence-electron chi connectivity index (χ3n) is 2.77. The predicted octanol–water partition coefficient (Wildman–Crippen LogP) is 3.21. The molecular weight excluding hydrogens is 283 g/mol. The van der Waals surface area contributed by atoms with Crippen molar-refractivity contribution >= 4 is 23.4 Å². The van der Waals surface area contributed by atoms with Gasteiger partial charge in [-0.1, -0.05) is 23.7 Å². The first-order valence-corrected chi connectivity index (χ1v) is 6.20. The van der Waals surface area contributed by atoms with Gasteiger partial charge in [0.2, 0.25) is 0 Å². The van der Waals surface area contributed by atoms with E-state index in [1.165, 1.54) is 11.1 Å². The summed E-state index contributed by atoms with van der Waals surface area (Å²) >= 11 is 5.89. The second-order valence-electron chi connectivity index (χ2n) is 4.29. The van der Waals surface area contributed by atoms with Crippen molar-refractivity contribution in [2.45, 2.75) is 6.54 Å². The number of rotatable bonds is 4. The summed E-state index contributed by atoms with van der Waals surface area (Å²) in [6.45, 7) is 0.369. The standard InChI is InChI=1S/C14H12ClFN2O2/c1-18(8-9-3-2-4-10(15)7-9)13-12(16)11(14(19)20)5-6-17-13/h2-7H,8H2,1H3,(H,19,20). The minimum atomic E-state index is -1.32. The van der Waals surface area contributed by atoms with Gasteiger partial charge in [0.15, 0.2) is 11.6 Å². The molecule has 1 aromatic heterocycles. The molecule has 0 spiro atoms. The highest BCUT2D eigenvalue weighted by Gasteiger charge is 2.17. The Kier molecular flexibility index (Phi) is 4.20. The Bertz CT molecular complexity index is 649. The van der Waals surface area contributed by atoms with Gasteiger partial charge in [-0.05, 0) is 23.8 Å². The summed E-state index contributed by atoms with van der Waals surface area (Å²) in [4.78, 5) is 16.3. The molecular formula is C14H12ClFN2O2. The molecule has 0 amide bonds. The molecule has 2 rings (SSSR count). The number of pyridine rings is 1. The van der Waals surface area contributed by atoms with Crippen LogP contribution in [0.15, 0.2) is 36.5 Å². The molecule has 20 heavy (non-hydrogen) atoms. The maximum absolute atomic E-state index is 14.0. The molecule has 4 nitrogen and oxygen atoms in total. The van der Waals surface area contributed by atoms with Crippen LogP contribution in [-0.4, -0.2) is 23.1 Å². The first-order chi connectivity index (χ1) is 9.49. The molecule has 6 heteroatoms. The van der Waals surface area contributed by atoms with Gasteiger partial charge in [0.05, 0.1) is 0 Å². The lowest BCUT2D eigenvalue weighted by Crippen LogP contribution is -2.20. The summed E-state index contributed by atoms with van der Waals surface area (Å²) in [6, 6.07) is 8.28. The lowest BCUT2D eigenvalue weighted by atomic mass is 10.2. The van der Waals surface area contributed by atoms with E-state index in [4.69, 9.17) is 16.7 Å². The molecule has 0 radical (unpaired) electrons. The molecule has 2 aromatic rings. The summed E-state index contributed by atoms with van der Waals surface area (Å²) in [7, 11) is 1.64. The molecule has 1 N–H and O–H groups in total. The maximum atomic E-state index is 14.0. The number of carboxylic acid groups (broad SMARTS) is 1. The Hall–Kier alpha value is -2.14. The summed E-state index contributed by atoms with van der Waals surface area (Å²) in [5, 5.41) is 9.48. The minimum Gasteiger partial charge on any atom is -0.478 e. The SMILES string of the molecule is CN(Cc1cccc(Cl)c1)c1nccc(C(=O)O)c1F. The van der Waals surface area contributed by atoms with Gasteiger partial charge in [0, 0.05) is 24.8 Å². The third-order valence-corrected chi connectivity index (χ3v) is 3.01. The fourth-order valence-corrected chi connectivity index (χ4v) is 2.06. The number of hydrogen-bond acceptors (Lipinski definition) is 3. The zero-order chi connectivity index (χ0) is 14.7. The largest absolute Gasteiger partial charge is 0.478 e. The van der Waals surface area contributed by atoms with Crippen molar-refractivity contribution in [3.05, 3.63) is 58.5 Å². The van der Waals surface area contributed by atoms with E-state index in [-0.39, 0.29) is 5.82 Å². The number of nitrogens with zero attached hydrogens (tertiary/aromatic N) is 2. The Morgan fingerprint density at radius 3 is 2.85 bits per heavy atom. The number of anilines is 1. The number of carbonyl (C=O) groups is 1. The van der Waals surface area contributed by atoms with Crippen LogP contribution in [0.25, 0.3) is 0 Å². The summed E-state index contributed by atoms with van der Waals surface area (Å²) in [5.41, 5.74) is 0.481. The van der Waals surface area contributed by atoms with Gasteiger partial charge in [-0.15, -0.1) is 0 Å². The second-order valence-corrected chi connectivity index (χ2v) is 4.72. The van der Waals surface area contributed by atoms with E-state index >= 15 is 0 Å². The summed E-state index contributed by atoms with van der Waals surface area (Å²) < 4.78 is 14.0. The van der Waals surface area contributed by atoms with Gasteiger partial charge < -0.3 is 10.0 Å². The monoisotopic (exact) mass is 294 g/mol. The average molecular weight is 295 g/mol. The van der Waals surface area contributed by atoms with Crippen LogP contribution in [0.1, 0.15) is 15.9 Å². The number of aromatic nitrogens is 1. The van der Waals surface area contributed by atoms with Crippen molar-refractivity contribution in [2.24, 2.45) is 0 Å². The first-order valence-electron chi connectivity index (χ1n) is 5.82. The van der Waals surface area contributed by atoms with E-state index in [0.29, 0.717) is 11.6 Å². The fraction of sp³-hybridized carbons (Fsp3) is 0.143.